The summed E-state index contributed by atoms with van der Waals surface area (Å²) in [5.74, 6) is 1.46. The first-order chi connectivity index (χ1) is 14.3. The Morgan fingerprint density at radius 1 is 0.931 bits per heavy atom. The fourth-order valence-corrected chi connectivity index (χ4v) is 5.28. The Morgan fingerprint density at radius 2 is 1.72 bits per heavy atom. The number of piperazine rings is 1. The zero-order valence-electron chi connectivity index (χ0n) is 17.7. The fraction of sp³-hybridized carbons (Fsp3) is 0.739. The van der Waals surface area contributed by atoms with Gasteiger partial charge in [0.15, 0.2) is 0 Å². The average molecular weight is 398 g/mol. The molecule has 1 saturated carbocycles. The predicted octanol–water partition coefficient (Wildman–Crippen LogP) is 2.13. The van der Waals surface area contributed by atoms with Crippen LogP contribution >= 0.6 is 0 Å². The van der Waals surface area contributed by atoms with Gasteiger partial charge in [-0.1, -0.05) is 12.5 Å². The van der Waals surface area contributed by atoms with Gasteiger partial charge in [-0.25, -0.2) is 4.98 Å². The summed E-state index contributed by atoms with van der Waals surface area (Å²) >= 11 is 0. The first-order valence-corrected chi connectivity index (χ1v) is 11.7. The summed E-state index contributed by atoms with van der Waals surface area (Å²) in [5.41, 5.74) is 2.55. The smallest absolute Gasteiger partial charge is 0.236 e. The van der Waals surface area contributed by atoms with Crippen LogP contribution in [0.1, 0.15) is 49.8 Å². The van der Waals surface area contributed by atoms with E-state index in [1.165, 1.54) is 49.8 Å². The number of pyridine rings is 1. The highest BCUT2D eigenvalue weighted by Crippen LogP contribution is 2.26. The van der Waals surface area contributed by atoms with Crippen LogP contribution < -0.4 is 4.90 Å². The minimum absolute atomic E-state index is 0.305. The Balaban J connectivity index is 1.13. The third-order valence-corrected chi connectivity index (χ3v) is 7.41. The molecule has 29 heavy (non-hydrogen) atoms. The molecule has 6 heteroatoms. The minimum atomic E-state index is 0.305. The molecule has 2 saturated heterocycles. The number of piperidine rings is 1. The molecule has 0 atom stereocenters. The van der Waals surface area contributed by atoms with Gasteiger partial charge in [0.1, 0.15) is 5.82 Å². The normalized spacial score (nSPS) is 24.3. The van der Waals surface area contributed by atoms with Crippen molar-refractivity contribution in [2.24, 2.45) is 0 Å². The Morgan fingerprint density at radius 3 is 2.45 bits per heavy atom. The average Bonchev–Trinajstić information content (AvgIpc) is 2.73. The van der Waals surface area contributed by atoms with Gasteiger partial charge < -0.3 is 9.80 Å². The molecule has 1 aromatic rings. The highest BCUT2D eigenvalue weighted by atomic mass is 16.2. The van der Waals surface area contributed by atoms with Gasteiger partial charge in [0.25, 0.3) is 0 Å². The van der Waals surface area contributed by atoms with Crippen LogP contribution in [0.5, 0.6) is 0 Å². The second-order valence-corrected chi connectivity index (χ2v) is 9.29. The van der Waals surface area contributed by atoms with Crippen molar-refractivity contribution in [3.8, 4) is 0 Å². The maximum absolute atomic E-state index is 12.8. The van der Waals surface area contributed by atoms with Crippen molar-refractivity contribution < 1.29 is 4.79 Å². The van der Waals surface area contributed by atoms with Crippen LogP contribution in [0.3, 0.4) is 0 Å². The van der Waals surface area contributed by atoms with E-state index in [0.717, 1.165) is 70.6 Å². The van der Waals surface area contributed by atoms with Crippen molar-refractivity contribution in [1.29, 1.82) is 0 Å². The quantitative estimate of drug-likeness (QED) is 0.779. The van der Waals surface area contributed by atoms with E-state index >= 15 is 0 Å². The molecule has 1 aliphatic carbocycles. The monoisotopic (exact) mass is 397 g/mol. The number of aromatic nitrogens is 1. The van der Waals surface area contributed by atoms with Gasteiger partial charge in [-0.05, 0) is 43.7 Å². The topological polar surface area (TPSA) is 42.9 Å². The van der Waals surface area contributed by atoms with Gasteiger partial charge in [-0.15, -0.1) is 0 Å². The van der Waals surface area contributed by atoms with E-state index in [0.29, 0.717) is 12.5 Å². The number of carbonyl (C=O) groups excluding carboxylic acids is 1. The summed E-state index contributed by atoms with van der Waals surface area (Å²) in [6.07, 6.45) is 8.96. The highest BCUT2D eigenvalue weighted by Gasteiger charge is 2.30. The van der Waals surface area contributed by atoms with E-state index in [2.05, 4.69) is 31.7 Å². The Labute approximate surface area is 174 Å². The van der Waals surface area contributed by atoms with E-state index in [9.17, 15) is 4.79 Å². The molecule has 1 aromatic heterocycles. The van der Waals surface area contributed by atoms with Crippen molar-refractivity contribution in [3.05, 3.63) is 23.4 Å². The van der Waals surface area contributed by atoms with Gasteiger partial charge in [0.2, 0.25) is 5.91 Å². The van der Waals surface area contributed by atoms with Crippen LogP contribution in [0.25, 0.3) is 0 Å². The summed E-state index contributed by atoms with van der Waals surface area (Å²) in [7, 11) is 0. The first kappa shape index (κ1) is 19.3. The molecule has 4 heterocycles. The van der Waals surface area contributed by atoms with Gasteiger partial charge >= 0.3 is 0 Å². The van der Waals surface area contributed by atoms with Crippen molar-refractivity contribution in [2.75, 3.05) is 57.3 Å². The van der Waals surface area contributed by atoms with Gasteiger partial charge in [0.05, 0.1) is 6.54 Å². The van der Waals surface area contributed by atoms with Crippen LogP contribution in [-0.4, -0.2) is 84.0 Å². The maximum atomic E-state index is 12.8. The summed E-state index contributed by atoms with van der Waals surface area (Å²) < 4.78 is 0. The number of hydrogen-bond donors (Lipinski definition) is 0. The molecule has 0 aromatic carbocycles. The molecule has 0 spiro atoms. The van der Waals surface area contributed by atoms with Gasteiger partial charge in [0, 0.05) is 70.5 Å². The molecule has 6 nitrogen and oxygen atoms in total. The molecule has 0 unspecified atom stereocenters. The zero-order chi connectivity index (χ0) is 19.6. The van der Waals surface area contributed by atoms with Gasteiger partial charge in [-0.3, -0.25) is 14.6 Å². The highest BCUT2D eigenvalue weighted by molar-refractivity contribution is 5.78. The molecule has 0 N–H and O–H groups in total. The second kappa shape index (κ2) is 8.60. The summed E-state index contributed by atoms with van der Waals surface area (Å²) in [4.78, 5) is 27.2. The van der Waals surface area contributed by atoms with Crippen LogP contribution in [0, 0.1) is 0 Å². The minimum Gasteiger partial charge on any atom is -0.357 e. The number of amides is 1. The molecular formula is C23H35N5O. The van der Waals surface area contributed by atoms with Crippen LogP contribution in [0.2, 0.25) is 0 Å². The molecular weight excluding hydrogens is 362 g/mol. The molecule has 3 aliphatic heterocycles. The zero-order valence-corrected chi connectivity index (χ0v) is 17.7. The third kappa shape index (κ3) is 4.29. The Bertz CT molecular complexity index is 720. The van der Waals surface area contributed by atoms with Crippen molar-refractivity contribution in [2.45, 2.75) is 57.5 Å². The fourth-order valence-electron chi connectivity index (χ4n) is 5.28. The number of rotatable bonds is 4. The second-order valence-electron chi connectivity index (χ2n) is 9.29. The van der Waals surface area contributed by atoms with E-state index in [4.69, 9.17) is 4.98 Å². The largest absolute Gasteiger partial charge is 0.357 e. The number of carbonyl (C=O) groups is 1. The summed E-state index contributed by atoms with van der Waals surface area (Å²) in [5, 5.41) is 0. The predicted molar refractivity (Wildman–Crippen MR) is 115 cm³/mol. The van der Waals surface area contributed by atoms with Crippen LogP contribution in [-0.2, 0) is 17.8 Å². The Hall–Kier alpha value is -1.66. The molecule has 3 fully saturated rings. The van der Waals surface area contributed by atoms with E-state index in [1.54, 1.807) is 0 Å². The van der Waals surface area contributed by atoms with Crippen molar-refractivity contribution in [1.82, 2.24) is 19.7 Å². The summed E-state index contributed by atoms with van der Waals surface area (Å²) in [6, 6.07) is 5.24. The van der Waals surface area contributed by atoms with Crippen molar-refractivity contribution in [3.63, 3.8) is 0 Å². The lowest BCUT2D eigenvalue weighted by atomic mass is 9.91. The molecule has 0 bridgehead atoms. The first-order valence-electron chi connectivity index (χ1n) is 11.7. The molecule has 1 amide bonds. The standard InChI is InChI=1S/C23H35N5O/c29-23(28-15-13-26(14-16-28)20-5-4-6-20)18-25-12-9-21-19(17-25)7-8-22(24-21)27-10-2-1-3-11-27/h7-8,20H,1-6,9-18H2. The van der Waals surface area contributed by atoms with Crippen LogP contribution in [0.15, 0.2) is 12.1 Å². The number of hydrogen-bond acceptors (Lipinski definition) is 5. The van der Waals surface area contributed by atoms with E-state index in [-0.39, 0.29) is 0 Å². The lowest BCUT2D eigenvalue weighted by Crippen LogP contribution is -2.55. The lowest BCUT2D eigenvalue weighted by molar-refractivity contribution is -0.135. The van der Waals surface area contributed by atoms with E-state index < -0.39 is 0 Å². The number of fused-ring (bicyclic) bond motifs is 1. The summed E-state index contributed by atoms with van der Waals surface area (Å²) in [6.45, 7) is 8.55. The lowest BCUT2D eigenvalue weighted by Gasteiger charge is -2.43. The molecule has 0 radical (unpaired) electrons. The molecule has 4 aliphatic rings. The Kier molecular flexibility index (Phi) is 5.73. The number of nitrogens with zero attached hydrogens (tertiary/aromatic N) is 5. The van der Waals surface area contributed by atoms with Gasteiger partial charge in [-0.2, -0.15) is 0 Å². The van der Waals surface area contributed by atoms with E-state index in [1.807, 2.05) is 0 Å². The molecule has 5 rings (SSSR count). The molecule has 158 valence electrons. The maximum Gasteiger partial charge on any atom is 0.236 e. The van der Waals surface area contributed by atoms with Crippen LogP contribution in [0.4, 0.5) is 5.82 Å². The number of anilines is 1. The third-order valence-electron chi connectivity index (χ3n) is 7.41. The SMILES string of the molecule is O=C(CN1CCc2nc(N3CCCCC3)ccc2C1)N1CCN(C2CCC2)CC1. The van der Waals surface area contributed by atoms with Crippen molar-refractivity contribution >= 4 is 11.7 Å².